The van der Waals surface area contributed by atoms with Crippen LogP contribution in [-0.2, 0) is 4.79 Å². The predicted molar refractivity (Wildman–Crippen MR) is 34.3 cm³/mol. The maximum absolute atomic E-state index is 9.95. The lowest BCUT2D eigenvalue weighted by Gasteiger charge is -1.91. The Morgan fingerprint density at radius 2 is 2.33 bits per heavy atom. The molecule has 0 atom stereocenters. The number of amidine groups is 1. The normalized spacial score (nSPS) is 13.4. The van der Waals surface area contributed by atoms with Gasteiger partial charge in [-0.2, -0.15) is 0 Å². The molecule has 0 aromatic heterocycles. The Morgan fingerprint density at radius 3 is 2.44 bits per heavy atom. The Kier molecular flexibility index (Phi) is 3.12. The Bertz CT molecular complexity index is 160. The molecule has 0 aliphatic carbocycles. The summed E-state index contributed by atoms with van der Waals surface area (Å²) in [6, 6.07) is 0. The van der Waals surface area contributed by atoms with Gasteiger partial charge in [0.2, 0.25) is 0 Å². The van der Waals surface area contributed by atoms with Crippen LogP contribution >= 0.6 is 0 Å². The van der Waals surface area contributed by atoms with E-state index in [1.165, 1.54) is 7.05 Å². The fourth-order valence-corrected chi connectivity index (χ4v) is 0.286. The highest BCUT2D eigenvalue weighted by Crippen LogP contribution is 1.85. The molecule has 0 bridgehead atoms. The zero-order valence-corrected chi connectivity index (χ0v) is 5.03. The molecule has 0 aromatic carbocycles. The van der Waals surface area contributed by atoms with Gasteiger partial charge in [0.25, 0.3) is 0 Å². The first-order valence-electron chi connectivity index (χ1n) is 2.28. The number of hydrogen-bond acceptors (Lipinski definition) is 3. The van der Waals surface area contributed by atoms with Crippen LogP contribution < -0.4 is 5.73 Å². The summed E-state index contributed by atoms with van der Waals surface area (Å²) < 4.78 is 0. The minimum absolute atomic E-state index is 0.00231. The van der Waals surface area contributed by atoms with Crippen molar-refractivity contribution in [2.45, 2.75) is 0 Å². The molecule has 0 aliphatic heterocycles. The first kappa shape index (κ1) is 7.68. The predicted octanol–water partition coefficient (Wildman–Crippen LogP) is -0.386. The van der Waals surface area contributed by atoms with Gasteiger partial charge in [0, 0.05) is 7.05 Å². The van der Waals surface area contributed by atoms with E-state index < -0.39 is 0 Å². The maximum atomic E-state index is 9.95. The van der Waals surface area contributed by atoms with Crippen LogP contribution in [0.5, 0.6) is 0 Å². The van der Waals surface area contributed by atoms with Crippen LogP contribution in [0.15, 0.2) is 16.8 Å². The summed E-state index contributed by atoms with van der Waals surface area (Å²) in [6.45, 7) is 0. The lowest BCUT2D eigenvalue weighted by molar-refractivity contribution is -0.104. The van der Waals surface area contributed by atoms with Crippen molar-refractivity contribution < 1.29 is 9.90 Å². The molecule has 0 saturated heterocycles. The zero-order valence-electron chi connectivity index (χ0n) is 5.03. The number of hydrogen-bond donors (Lipinski definition) is 2. The van der Waals surface area contributed by atoms with Crippen molar-refractivity contribution in [2.24, 2.45) is 10.7 Å². The van der Waals surface area contributed by atoms with Crippen LogP contribution in [0.25, 0.3) is 0 Å². The van der Waals surface area contributed by atoms with Gasteiger partial charge in [-0.1, -0.05) is 0 Å². The Hall–Kier alpha value is -1.32. The molecule has 0 aliphatic rings. The summed E-state index contributed by atoms with van der Waals surface area (Å²) in [4.78, 5) is 13.4. The number of aliphatic hydroxyl groups excluding tert-OH is 1. The second kappa shape index (κ2) is 3.65. The van der Waals surface area contributed by atoms with Gasteiger partial charge in [0.05, 0.1) is 11.8 Å². The third-order valence-corrected chi connectivity index (χ3v) is 0.803. The quantitative estimate of drug-likeness (QED) is 0.175. The minimum Gasteiger partial charge on any atom is -0.515 e. The third-order valence-electron chi connectivity index (χ3n) is 0.803. The van der Waals surface area contributed by atoms with Crippen LogP contribution in [-0.4, -0.2) is 24.3 Å². The van der Waals surface area contributed by atoms with Gasteiger partial charge in [0.1, 0.15) is 5.84 Å². The zero-order chi connectivity index (χ0) is 7.28. The summed E-state index contributed by atoms with van der Waals surface area (Å²) in [5, 5.41) is 8.27. The highest BCUT2D eigenvalue weighted by atomic mass is 16.2. The molecular formula is C5H8N2O2. The number of carbonyl (C=O) groups excluding carboxylic acids is 1. The number of carbonyl (C=O) groups is 1. The Morgan fingerprint density at radius 1 is 1.78 bits per heavy atom. The number of aldehydes is 1. The van der Waals surface area contributed by atoms with E-state index >= 15 is 0 Å². The van der Waals surface area contributed by atoms with Crippen molar-refractivity contribution >= 4 is 12.1 Å². The second-order valence-corrected chi connectivity index (χ2v) is 1.31. The van der Waals surface area contributed by atoms with Crippen LogP contribution in [0.2, 0.25) is 0 Å². The van der Waals surface area contributed by atoms with E-state index in [0.29, 0.717) is 12.5 Å². The van der Waals surface area contributed by atoms with Gasteiger partial charge >= 0.3 is 0 Å². The van der Waals surface area contributed by atoms with E-state index in [1.54, 1.807) is 0 Å². The third kappa shape index (κ3) is 1.94. The molecule has 4 nitrogen and oxygen atoms in total. The minimum atomic E-state index is -0.00231. The highest BCUT2D eigenvalue weighted by molar-refractivity contribution is 6.12. The molecule has 0 spiro atoms. The van der Waals surface area contributed by atoms with E-state index in [4.69, 9.17) is 10.8 Å². The molecule has 0 saturated carbocycles. The Labute approximate surface area is 52.7 Å². The van der Waals surface area contributed by atoms with Gasteiger partial charge in [0.15, 0.2) is 6.29 Å². The van der Waals surface area contributed by atoms with Crippen molar-refractivity contribution in [2.75, 3.05) is 7.05 Å². The summed E-state index contributed by atoms with van der Waals surface area (Å²) in [5.41, 5.74) is 5.13. The molecule has 0 amide bonds. The van der Waals surface area contributed by atoms with Gasteiger partial charge in [-0.05, 0) is 0 Å². The molecule has 0 radical (unpaired) electrons. The van der Waals surface area contributed by atoms with Crippen molar-refractivity contribution in [3.8, 4) is 0 Å². The molecule has 9 heavy (non-hydrogen) atoms. The molecule has 0 fully saturated rings. The topological polar surface area (TPSA) is 75.7 Å². The molecule has 0 heterocycles. The van der Waals surface area contributed by atoms with Crippen LogP contribution in [0.4, 0.5) is 0 Å². The van der Waals surface area contributed by atoms with Crippen molar-refractivity contribution in [1.82, 2.24) is 0 Å². The molecule has 0 rings (SSSR count). The van der Waals surface area contributed by atoms with E-state index in [0.717, 1.165) is 0 Å². The lowest BCUT2D eigenvalue weighted by atomic mass is 10.3. The average Bonchev–Trinajstić information content (AvgIpc) is 1.90. The largest absolute Gasteiger partial charge is 0.515 e. The smallest absolute Gasteiger partial charge is 0.156 e. The number of nitrogens with zero attached hydrogens (tertiary/aromatic N) is 1. The second-order valence-electron chi connectivity index (χ2n) is 1.31. The first-order chi connectivity index (χ1) is 4.26. The van der Waals surface area contributed by atoms with Gasteiger partial charge in [-0.15, -0.1) is 0 Å². The van der Waals surface area contributed by atoms with Gasteiger partial charge < -0.3 is 10.8 Å². The number of rotatable bonds is 2. The Balaban J connectivity index is 4.32. The molecule has 0 unspecified atom stereocenters. The highest BCUT2D eigenvalue weighted by Gasteiger charge is 1.97. The van der Waals surface area contributed by atoms with Crippen molar-refractivity contribution in [3.05, 3.63) is 11.8 Å². The SMILES string of the molecule is CN=C(N)/C(C=O)=C\O. The average molecular weight is 128 g/mol. The number of aliphatic imine (C=N–C) groups is 1. The molecular weight excluding hydrogens is 120 g/mol. The van der Waals surface area contributed by atoms with Crippen molar-refractivity contribution in [1.29, 1.82) is 0 Å². The number of nitrogens with two attached hydrogens (primary N) is 1. The molecule has 50 valence electrons. The fourth-order valence-electron chi connectivity index (χ4n) is 0.286. The summed E-state index contributed by atoms with van der Waals surface area (Å²) in [6.07, 6.45) is 1.05. The standard InChI is InChI=1S/C5H8N2O2/c1-7-5(6)4(2-8)3-9/h2-3,8H,1H3,(H2,6,7)/b4-2-. The van der Waals surface area contributed by atoms with E-state index in [2.05, 4.69) is 4.99 Å². The molecule has 3 N–H and O–H groups in total. The fraction of sp³-hybridized carbons (Fsp3) is 0.200. The first-order valence-corrected chi connectivity index (χ1v) is 2.28. The molecule has 0 aromatic rings. The lowest BCUT2D eigenvalue weighted by Crippen LogP contribution is -2.15. The van der Waals surface area contributed by atoms with Crippen LogP contribution in [0.1, 0.15) is 0 Å². The summed E-state index contributed by atoms with van der Waals surface area (Å²) >= 11 is 0. The van der Waals surface area contributed by atoms with Crippen LogP contribution in [0, 0.1) is 0 Å². The summed E-state index contributed by atoms with van der Waals surface area (Å²) in [5.74, 6) is 0.0347. The van der Waals surface area contributed by atoms with E-state index in [9.17, 15) is 4.79 Å². The number of aliphatic hydroxyl groups is 1. The van der Waals surface area contributed by atoms with Gasteiger partial charge in [-0.3, -0.25) is 9.79 Å². The van der Waals surface area contributed by atoms with Crippen LogP contribution in [0.3, 0.4) is 0 Å². The van der Waals surface area contributed by atoms with Crippen molar-refractivity contribution in [3.63, 3.8) is 0 Å². The summed E-state index contributed by atoms with van der Waals surface area (Å²) in [7, 11) is 1.43. The van der Waals surface area contributed by atoms with E-state index in [1.807, 2.05) is 0 Å². The van der Waals surface area contributed by atoms with Gasteiger partial charge in [-0.25, -0.2) is 0 Å². The van der Waals surface area contributed by atoms with E-state index in [-0.39, 0.29) is 11.4 Å². The maximum Gasteiger partial charge on any atom is 0.156 e. The molecule has 4 heteroatoms. The monoisotopic (exact) mass is 128 g/mol.